The van der Waals surface area contributed by atoms with Crippen molar-refractivity contribution in [2.45, 2.75) is 79.1 Å². The average Bonchev–Trinajstić information content (AvgIpc) is 2.58. The molecule has 0 bridgehead atoms. The van der Waals surface area contributed by atoms with Crippen LogP contribution in [0.1, 0.15) is 65.6 Å². The topological polar surface area (TPSA) is 87.7 Å². The molecule has 0 aliphatic carbocycles. The van der Waals surface area contributed by atoms with Crippen LogP contribution in [0.2, 0.25) is 0 Å². The number of carbonyl (C=O) groups is 3. The first-order valence-corrected chi connectivity index (χ1v) is 10.4. The molecule has 0 fully saturated rings. The summed E-state index contributed by atoms with van der Waals surface area (Å²) < 4.78 is 5.31. The van der Waals surface area contributed by atoms with E-state index in [-0.39, 0.29) is 23.8 Å². The Morgan fingerprint density at radius 1 is 1.00 bits per heavy atom. The molecular weight excluding hydrogens is 382 g/mol. The van der Waals surface area contributed by atoms with Gasteiger partial charge in [0.25, 0.3) is 0 Å². The Kier molecular flexibility index (Phi) is 8.88. The minimum atomic E-state index is -0.830. The predicted molar refractivity (Wildman–Crippen MR) is 118 cm³/mol. The highest BCUT2D eigenvalue weighted by atomic mass is 16.6. The number of hydrogen-bond donors (Lipinski definition) is 2. The highest BCUT2D eigenvalue weighted by Crippen LogP contribution is 2.25. The first kappa shape index (κ1) is 25.5. The van der Waals surface area contributed by atoms with Crippen LogP contribution in [-0.4, -0.2) is 47.5 Å². The third-order valence-corrected chi connectivity index (χ3v) is 4.50. The summed E-state index contributed by atoms with van der Waals surface area (Å²) in [5.41, 5.74) is 0.968. The van der Waals surface area contributed by atoms with E-state index < -0.39 is 23.8 Å². The lowest BCUT2D eigenvalue weighted by atomic mass is 9.96. The number of alkyl carbamates (subject to hydrolysis) is 1. The zero-order valence-corrected chi connectivity index (χ0v) is 19.7. The molecule has 1 rings (SSSR count). The summed E-state index contributed by atoms with van der Waals surface area (Å²) in [5.74, 6) is -0.823. The number of rotatable bonds is 7. The van der Waals surface area contributed by atoms with Crippen LogP contribution in [0.3, 0.4) is 0 Å². The lowest BCUT2D eigenvalue weighted by Gasteiger charge is -2.33. The van der Waals surface area contributed by atoms with Gasteiger partial charge in [-0.05, 0) is 58.6 Å². The third-order valence-electron chi connectivity index (χ3n) is 4.50. The lowest BCUT2D eigenvalue weighted by Crippen LogP contribution is -2.54. The molecule has 0 aliphatic heterocycles. The van der Waals surface area contributed by atoms with Gasteiger partial charge in [-0.25, -0.2) is 4.79 Å². The van der Waals surface area contributed by atoms with E-state index in [1.54, 1.807) is 27.8 Å². The fourth-order valence-corrected chi connectivity index (χ4v) is 3.08. The molecule has 7 heteroatoms. The summed E-state index contributed by atoms with van der Waals surface area (Å²) in [5, 5.41) is 5.57. The summed E-state index contributed by atoms with van der Waals surface area (Å²) in [4.78, 5) is 40.1. The number of nitrogens with zero attached hydrogens (tertiary/aromatic N) is 1. The molecule has 0 aromatic heterocycles. The average molecular weight is 420 g/mol. The van der Waals surface area contributed by atoms with E-state index in [4.69, 9.17) is 4.74 Å². The van der Waals surface area contributed by atoms with Gasteiger partial charge in [0.05, 0.1) is 0 Å². The number of amides is 3. The fourth-order valence-electron chi connectivity index (χ4n) is 3.08. The van der Waals surface area contributed by atoms with Crippen molar-refractivity contribution in [1.29, 1.82) is 0 Å². The monoisotopic (exact) mass is 419 g/mol. The van der Waals surface area contributed by atoms with Crippen LogP contribution in [0.5, 0.6) is 0 Å². The minimum Gasteiger partial charge on any atom is -0.444 e. The quantitative estimate of drug-likeness (QED) is 0.707. The molecule has 0 spiro atoms. The highest BCUT2D eigenvalue weighted by molar-refractivity contribution is 5.92. The summed E-state index contributed by atoms with van der Waals surface area (Å²) in [6, 6.07) is 5.76. The standard InChI is InChI=1S/C23H37N3O4/c1-14(2)18(25-22(29)30-23(6,7)8)21(28)26(9)19(20(27)24-15(3)4)17-13-11-10-12-16(17)5/h10-15,18-19H,1-9H3,(H,24,27)(H,25,29). The summed E-state index contributed by atoms with van der Waals surface area (Å²) in [7, 11) is 1.59. The van der Waals surface area contributed by atoms with E-state index in [0.29, 0.717) is 0 Å². The van der Waals surface area contributed by atoms with Gasteiger partial charge in [-0.3, -0.25) is 9.59 Å². The second kappa shape index (κ2) is 10.5. The maximum atomic E-state index is 13.4. The van der Waals surface area contributed by atoms with Crippen molar-refractivity contribution in [3.63, 3.8) is 0 Å². The predicted octanol–water partition coefficient (Wildman–Crippen LogP) is 3.57. The molecule has 1 aromatic carbocycles. The molecule has 0 heterocycles. The second-order valence-electron chi connectivity index (χ2n) is 9.24. The first-order chi connectivity index (χ1) is 13.7. The number of likely N-dealkylation sites (N-methyl/N-ethyl adjacent to an activating group) is 1. The molecule has 0 saturated carbocycles. The Labute approximate surface area is 180 Å². The van der Waals surface area contributed by atoms with Gasteiger partial charge in [0.15, 0.2) is 0 Å². The largest absolute Gasteiger partial charge is 0.444 e. The zero-order valence-electron chi connectivity index (χ0n) is 19.7. The Morgan fingerprint density at radius 3 is 2.03 bits per heavy atom. The van der Waals surface area contributed by atoms with E-state index in [9.17, 15) is 14.4 Å². The van der Waals surface area contributed by atoms with Crippen molar-refractivity contribution < 1.29 is 19.1 Å². The second-order valence-corrected chi connectivity index (χ2v) is 9.24. The summed E-state index contributed by atoms with van der Waals surface area (Å²) in [6.07, 6.45) is -0.665. The van der Waals surface area contributed by atoms with Gasteiger partial charge >= 0.3 is 6.09 Å². The highest BCUT2D eigenvalue weighted by Gasteiger charge is 2.36. The van der Waals surface area contributed by atoms with Crippen molar-refractivity contribution in [3.05, 3.63) is 35.4 Å². The maximum Gasteiger partial charge on any atom is 0.408 e. The van der Waals surface area contributed by atoms with E-state index in [1.165, 1.54) is 4.90 Å². The number of ether oxygens (including phenoxy) is 1. The SMILES string of the molecule is Cc1ccccc1C(C(=O)NC(C)C)N(C)C(=O)C(NC(=O)OC(C)(C)C)C(C)C. The summed E-state index contributed by atoms with van der Waals surface area (Å²) in [6.45, 7) is 14.6. The van der Waals surface area contributed by atoms with Crippen LogP contribution in [0.4, 0.5) is 4.79 Å². The molecule has 0 saturated heterocycles. The minimum absolute atomic E-state index is 0.0756. The Morgan fingerprint density at radius 2 is 1.57 bits per heavy atom. The number of hydrogen-bond acceptors (Lipinski definition) is 4. The van der Waals surface area contributed by atoms with E-state index >= 15 is 0 Å². The molecule has 30 heavy (non-hydrogen) atoms. The Bertz CT molecular complexity index is 753. The van der Waals surface area contributed by atoms with E-state index in [2.05, 4.69) is 10.6 Å². The van der Waals surface area contributed by atoms with Crippen LogP contribution in [0.25, 0.3) is 0 Å². The number of nitrogens with one attached hydrogen (secondary N) is 2. The Balaban J connectivity index is 3.23. The molecule has 0 aliphatic rings. The van der Waals surface area contributed by atoms with Crippen LogP contribution in [0.15, 0.2) is 24.3 Å². The molecule has 3 amide bonds. The van der Waals surface area contributed by atoms with Crippen molar-refractivity contribution in [1.82, 2.24) is 15.5 Å². The van der Waals surface area contributed by atoms with Gasteiger partial charge in [0.1, 0.15) is 17.7 Å². The zero-order chi connectivity index (χ0) is 23.2. The van der Waals surface area contributed by atoms with Crippen molar-refractivity contribution >= 4 is 17.9 Å². The van der Waals surface area contributed by atoms with Gasteiger partial charge in [-0.2, -0.15) is 0 Å². The van der Waals surface area contributed by atoms with Crippen molar-refractivity contribution in [3.8, 4) is 0 Å². The van der Waals surface area contributed by atoms with Crippen LogP contribution in [-0.2, 0) is 14.3 Å². The third kappa shape index (κ3) is 7.35. The van der Waals surface area contributed by atoms with Gasteiger partial charge in [-0.1, -0.05) is 38.1 Å². The van der Waals surface area contributed by atoms with Crippen LogP contribution >= 0.6 is 0 Å². The lowest BCUT2D eigenvalue weighted by molar-refractivity contribution is -0.141. The molecule has 2 unspecified atom stereocenters. The fraction of sp³-hybridized carbons (Fsp3) is 0.609. The number of aryl methyl sites for hydroxylation is 1. The van der Waals surface area contributed by atoms with Gasteiger partial charge in [0, 0.05) is 13.1 Å². The molecule has 2 N–H and O–H groups in total. The van der Waals surface area contributed by atoms with Gasteiger partial charge < -0.3 is 20.3 Å². The molecule has 2 atom stereocenters. The van der Waals surface area contributed by atoms with Crippen molar-refractivity contribution in [2.75, 3.05) is 7.05 Å². The van der Waals surface area contributed by atoms with E-state index in [1.807, 2.05) is 58.9 Å². The number of benzene rings is 1. The van der Waals surface area contributed by atoms with E-state index in [0.717, 1.165) is 11.1 Å². The Hall–Kier alpha value is -2.57. The molecule has 168 valence electrons. The molecule has 7 nitrogen and oxygen atoms in total. The van der Waals surface area contributed by atoms with Gasteiger partial charge in [-0.15, -0.1) is 0 Å². The van der Waals surface area contributed by atoms with Crippen LogP contribution in [0, 0.1) is 12.8 Å². The van der Waals surface area contributed by atoms with Gasteiger partial charge in [0.2, 0.25) is 11.8 Å². The summed E-state index contributed by atoms with van der Waals surface area (Å²) >= 11 is 0. The smallest absolute Gasteiger partial charge is 0.408 e. The van der Waals surface area contributed by atoms with Crippen LogP contribution < -0.4 is 10.6 Å². The molecule has 1 aromatic rings. The maximum absolute atomic E-state index is 13.4. The molecule has 0 radical (unpaired) electrons. The normalized spacial score (nSPS) is 13.6. The first-order valence-electron chi connectivity index (χ1n) is 10.4. The molecular formula is C23H37N3O4. The number of carbonyl (C=O) groups excluding carboxylic acids is 3. The van der Waals surface area contributed by atoms with Crippen molar-refractivity contribution in [2.24, 2.45) is 5.92 Å².